The summed E-state index contributed by atoms with van der Waals surface area (Å²) in [5.74, 6) is -1.49. The fourth-order valence-corrected chi connectivity index (χ4v) is 2.31. The van der Waals surface area contributed by atoms with Gasteiger partial charge < -0.3 is 14.9 Å². The molecule has 1 heterocycles. The van der Waals surface area contributed by atoms with Gasteiger partial charge in [-0.15, -0.1) is 0 Å². The molecule has 0 amide bonds. The maximum atomic E-state index is 13.3. The first-order valence-electron chi connectivity index (χ1n) is 6.72. The highest BCUT2D eigenvalue weighted by Gasteiger charge is 2.22. The molecule has 0 bridgehead atoms. The van der Waals surface area contributed by atoms with Crippen molar-refractivity contribution in [2.45, 2.75) is 12.6 Å². The Kier molecular flexibility index (Phi) is 5.44. The summed E-state index contributed by atoms with van der Waals surface area (Å²) in [6.07, 6.45) is 2.37. The van der Waals surface area contributed by atoms with Crippen LogP contribution in [0.25, 0.3) is 6.08 Å². The largest absolute Gasteiger partial charge is 0.478 e. The van der Waals surface area contributed by atoms with Crippen LogP contribution in [-0.2, 0) is 16.1 Å². The first-order valence-corrected chi connectivity index (χ1v) is 6.72. The number of aliphatic carboxylic acids is 1. The van der Waals surface area contributed by atoms with E-state index in [2.05, 4.69) is 4.90 Å². The normalized spacial score (nSPS) is 20.0. The Bertz CT molecular complexity index is 532. The topological polar surface area (TPSA) is 70.0 Å². The summed E-state index contributed by atoms with van der Waals surface area (Å²) < 4.78 is 18.7. The lowest BCUT2D eigenvalue weighted by atomic mass is 10.0. The zero-order valence-corrected chi connectivity index (χ0v) is 11.5. The average Bonchev–Trinajstić information content (AvgIpc) is 2.48. The average molecular weight is 295 g/mol. The lowest BCUT2D eigenvalue weighted by Gasteiger charge is -2.34. The van der Waals surface area contributed by atoms with Gasteiger partial charge in [-0.1, -0.05) is 6.07 Å². The highest BCUT2D eigenvalue weighted by Crippen LogP contribution is 2.18. The van der Waals surface area contributed by atoms with Crippen molar-refractivity contribution in [3.63, 3.8) is 0 Å². The van der Waals surface area contributed by atoms with E-state index in [1.54, 1.807) is 6.07 Å². The van der Waals surface area contributed by atoms with Gasteiger partial charge in [-0.25, -0.2) is 9.18 Å². The van der Waals surface area contributed by atoms with Crippen LogP contribution in [-0.4, -0.2) is 53.5 Å². The molecule has 5 nitrogen and oxygen atoms in total. The summed E-state index contributed by atoms with van der Waals surface area (Å²) >= 11 is 0. The van der Waals surface area contributed by atoms with Gasteiger partial charge in [-0.05, 0) is 29.3 Å². The molecule has 0 saturated carbocycles. The lowest BCUT2D eigenvalue weighted by molar-refractivity contribution is -0.131. The summed E-state index contributed by atoms with van der Waals surface area (Å²) in [6.45, 7) is 2.20. The molecule has 1 aromatic carbocycles. The van der Waals surface area contributed by atoms with Crippen LogP contribution >= 0.6 is 0 Å². The van der Waals surface area contributed by atoms with Crippen LogP contribution in [0.3, 0.4) is 0 Å². The Balaban J connectivity index is 2.20. The van der Waals surface area contributed by atoms with E-state index in [0.29, 0.717) is 31.9 Å². The van der Waals surface area contributed by atoms with Crippen molar-refractivity contribution in [3.05, 3.63) is 41.2 Å². The van der Waals surface area contributed by atoms with E-state index in [1.807, 2.05) is 0 Å². The molecule has 1 saturated heterocycles. The Labute approximate surface area is 122 Å². The van der Waals surface area contributed by atoms with Gasteiger partial charge in [-0.2, -0.15) is 0 Å². The predicted octanol–water partition coefficient (Wildman–Crippen LogP) is 1.12. The summed E-state index contributed by atoms with van der Waals surface area (Å²) in [7, 11) is 0. The Hall–Kier alpha value is -1.76. The Morgan fingerprint density at radius 2 is 2.33 bits per heavy atom. The number of carboxylic acids is 1. The van der Waals surface area contributed by atoms with E-state index in [-0.39, 0.29) is 12.6 Å². The van der Waals surface area contributed by atoms with E-state index in [9.17, 15) is 14.3 Å². The second-order valence-corrected chi connectivity index (χ2v) is 4.90. The van der Waals surface area contributed by atoms with Crippen LogP contribution in [0.15, 0.2) is 24.3 Å². The number of morpholine rings is 1. The monoisotopic (exact) mass is 295 g/mol. The van der Waals surface area contributed by atoms with Gasteiger partial charge in [-0.3, -0.25) is 4.90 Å². The Morgan fingerprint density at radius 1 is 1.52 bits per heavy atom. The molecule has 6 heteroatoms. The summed E-state index contributed by atoms with van der Waals surface area (Å²) in [4.78, 5) is 12.7. The van der Waals surface area contributed by atoms with E-state index < -0.39 is 11.8 Å². The highest BCUT2D eigenvalue weighted by atomic mass is 19.1. The molecule has 1 unspecified atom stereocenters. The van der Waals surface area contributed by atoms with Gasteiger partial charge >= 0.3 is 5.97 Å². The number of hydrogen-bond acceptors (Lipinski definition) is 4. The van der Waals surface area contributed by atoms with Crippen LogP contribution in [0.1, 0.15) is 11.1 Å². The first-order chi connectivity index (χ1) is 10.1. The third kappa shape index (κ3) is 4.35. The minimum absolute atomic E-state index is 0.0124. The third-order valence-electron chi connectivity index (χ3n) is 3.45. The Morgan fingerprint density at radius 3 is 3.05 bits per heavy atom. The second kappa shape index (κ2) is 7.31. The highest BCUT2D eigenvalue weighted by molar-refractivity contribution is 5.85. The van der Waals surface area contributed by atoms with Gasteiger partial charge in [0, 0.05) is 19.2 Å². The van der Waals surface area contributed by atoms with E-state index in [4.69, 9.17) is 9.84 Å². The van der Waals surface area contributed by atoms with Crippen molar-refractivity contribution in [3.8, 4) is 0 Å². The first kappa shape index (κ1) is 15.6. The molecule has 0 spiro atoms. The molecule has 0 aromatic heterocycles. The molecule has 0 radical (unpaired) electrons. The summed E-state index contributed by atoms with van der Waals surface area (Å²) in [6, 6.07) is 4.20. The molecule has 1 aromatic rings. The van der Waals surface area contributed by atoms with Crippen LogP contribution in [0.5, 0.6) is 0 Å². The molecule has 2 N–H and O–H groups in total. The fourth-order valence-electron chi connectivity index (χ4n) is 2.31. The number of carboxylic acid groups (broad SMARTS) is 1. The number of nitrogens with zero attached hydrogens (tertiary/aromatic N) is 1. The van der Waals surface area contributed by atoms with Crippen molar-refractivity contribution >= 4 is 12.0 Å². The van der Waals surface area contributed by atoms with Crippen molar-refractivity contribution in [2.75, 3.05) is 26.4 Å². The van der Waals surface area contributed by atoms with Crippen molar-refractivity contribution in [2.24, 2.45) is 0 Å². The molecule has 1 fully saturated rings. The van der Waals surface area contributed by atoms with Crippen LogP contribution in [0, 0.1) is 5.82 Å². The standard InChI is InChI=1S/C15H18FNO4/c16-13-3-1-12(11(7-13)2-4-15(19)20)8-17-5-6-21-10-14(17)9-18/h1-4,7,14,18H,5-6,8-10H2,(H,19,20)/b4-2+. The van der Waals surface area contributed by atoms with Crippen molar-refractivity contribution in [1.29, 1.82) is 0 Å². The van der Waals surface area contributed by atoms with Crippen molar-refractivity contribution < 1.29 is 24.1 Å². The molecule has 2 rings (SSSR count). The van der Waals surface area contributed by atoms with E-state index in [1.165, 1.54) is 18.2 Å². The number of benzene rings is 1. The third-order valence-corrected chi connectivity index (χ3v) is 3.45. The molecule has 0 aliphatic carbocycles. The molecule has 1 aliphatic heterocycles. The van der Waals surface area contributed by atoms with E-state index in [0.717, 1.165) is 11.6 Å². The quantitative estimate of drug-likeness (QED) is 0.797. The van der Waals surface area contributed by atoms with Crippen LogP contribution in [0.4, 0.5) is 4.39 Å². The summed E-state index contributed by atoms with van der Waals surface area (Å²) in [5.41, 5.74) is 1.34. The number of aliphatic hydroxyl groups is 1. The molecule has 1 aliphatic rings. The van der Waals surface area contributed by atoms with Gasteiger partial charge in [0.1, 0.15) is 5.82 Å². The zero-order valence-electron chi connectivity index (χ0n) is 11.5. The fraction of sp³-hybridized carbons (Fsp3) is 0.400. The van der Waals surface area contributed by atoms with Gasteiger partial charge in [0.05, 0.1) is 25.9 Å². The minimum Gasteiger partial charge on any atom is -0.478 e. The smallest absolute Gasteiger partial charge is 0.328 e. The number of ether oxygens (including phenoxy) is 1. The number of aliphatic hydroxyl groups excluding tert-OH is 1. The van der Waals surface area contributed by atoms with E-state index >= 15 is 0 Å². The maximum Gasteiger partial charge on any atom is 0.328 e. The second-order valence-electron chi connectivity index (χ2n) is 4.90. The predicted molar refractivity (Wildman–Crippen MR) is 75.2 cm³/mol. The maximum absolute atomic E-state index is 13.3. The number of rotatable bonds is 5. The van der Waals surface area contributed by atoms with Crippen molar-refractivity contribution in [1.82, 2.24) is 4.90 Å². The molecular formula is C15H18FNO4. The van der Waals surface area contributed by atoms with Gasteiger partial charge in [0.15, 0.2) is 0 Å². The van der Waals surface area contributed by atoms with Gasteiger partial charge in [0.2, 0.25) is 0 Å². The number of carbonyl (C=O) groups is 1. The molecular weight excluding hydrogens is 277 g/mol. The molecule has 1 atom stereocenters. The number of halogens is 1. The van der Waals surface area contributed by atoms with Gasteiger partial charge in [0.25, 0.3) is 0 Å². The zero-order chi connectivity index (χ0) is 15.2. The summed E-state index contributed by atoms with van der Waals surface area (Å²) in [5, 5.41) is 18.1. The SMILES string of the molecule is O=C(O)/C=C/c1cc(F)ccc1CN1CCOCC1CO. The number of hydrogen-bond donors (Lipinski definition) is 2. The molecule has 114 valence electrons. The van der Waals surface area contributed by atoms with Crippen LogP contribution in [0.2, 0.25) is 0 Å². The minimum atomic E-state index is -1.08. The molecule has 21 heavy (non-hydrogen) atoms. The lowest BCUT2D eigenvalue weighted by Crippen LogP contribution is -2.46. The van der Waals surface area contributed by atoms with Crippen LogP contribution < -0.4 is 0 Å².